The summed E-state index contributed by atoms with van der Waals surface area (Å²) in [6, 6.07) is 5.18. The van der Waals surface area contributed by atoms with E-state index in [1.807, 2.05) is 6.07 Å². The Hall–Kier alpha value is -2.42. The molecule has 0 saturated carbocycles. The van der Waals surface area contributed by atoms with Crippen LogP contribution in [0.3, 0.4) is 0 Å². The molecule has 0 aromatic heterocycles. The number of rotatable bonds is 2. The maximum Gasteiger partial charge on any atom is 0.414 e. The SMILES string of the molecule is COc1ccc(N)c(C#N)c1N1CCOC1=O. The van der Waals surface area contributed by atoms with Crippen molar-refractivity contribution in [3.8, 4) is 11.8 Å². The van der Waals surface area contributed by atoms with Crippen molar-refractivity contribution in [2.24, 2.45) is 0 Å². The number of nitrogens with zero attached hydrogens (tertiary/aromatic N) is 2. The fraction of sp³-hybridized carbons (Fsp3) is 0.273. The molecule has 0 atom stereocenters. The quantitative estimate of drug-likeness (QED) is 0.773. The summed E-state index contributed by atoms with van der Waals surface area (Å²) in [7, 11) is 1.47. The predicted molar refractivity (Wildman–Crippen MR) is 60.8 cm³/mol. The fourth-order valence-corrected chi connectivity index (χ4v) is 1.73. The third-order valence-corrected chi connectivity index (χ3v) is 2.54. The highest BCUT2D eigenvalue weighted by atomic mass is 16.6. The maximum atomic E-state index is 11.5. The molecule has 0 radical (unpaired) electrons. The summed E-state index contributed by atoms with van der Waals surface area (Å²) in [5, 5.41) is 9.10. The second kappa shape index (κ2) is 4.22. The highest BCUT2D eigenvalue weighted by Crippen LogP contribution is 2.36. The zero-order chi connectivity index (χ0) is 12.4. The second-order valence-electron chi connectivity index (χ2n) is 3.46. The molecule has 6 heteroatoms. The van der Waals surface area contributed by atoms with Gasteiger partial charge in [-0.1, -0.05) is 0 Å². The van der Waals surface area contributed by atoms with Crippen molar-refractivity contribution in [2.75, 3.05) is 30.9 Å². The van der Waals surface area contributed by atoms with E-state index < -0.39 is 6.09 Å². The molecular formula is C11H11N3O3. The summed E-state index contributed by atoms with van der Waals surface area (Å²) in [6.45, 7) is 0.676. The number of carbonyl (C=O) groups is 1. The van der Waals surface area contributed by atoms with Gasteiger partial charge in [0.25, 0.3) is 0 Å². The van der Waals surface area contributed by atoms with E-state index in [4.69, 9.17) is 20.5 Å². The highest BCUT2D eigenvalue weighted by molar-refractivity contribution is 5.94. The zero-order valence-corrected chi connectivity index (χ0v) is 9.27. The van der Waals surface area contributed by atoms with Crippen LogP contribution < -0.4 is 15.4 Å². The first-order valence-corrected chi connectivity index (χ1v) is 5.00. The molecule has 17 heavy (non-hydrogen) atoms. The number of nitrogens with two attached hydrogens (primary N) is 1. The minimum Gasteiger partial charge on any atom is -0.495 e. The zero-order valence-electron chi connectivity index (χ0n) is 9.27. The van der Waals surface area contributed by atoms with Crippen LogP contribution in [-0.2, 0) is 4.74 Å². The van der Waals surface area contributed by atoms with Crippen LogP contribution >= 0.6 is 0 Å². The topological polar surface area (TPSA) is 88.6 Å². The van der Waals surface area contributed by atoms with Crippen LogP contribution in [0.15, 0.2) is 12.1 Å². The van der Waals surface area contributed by atoms with E-state index in [0.717, 1.165) is 0 Å². The number of benzene rings is 1. The van der Waals surface area contributed by atoms with E-state index in [0.29, 0.717) is 30.3 Å². The average molecular weight is 233 g/mol. The summed E-state index contributed by atoms with van der Waals surface area (Å²) >= 11 is 0. The average Bonchev–Trinajstić information content (AvgIpc) is 2.74. The van der Waals surface area contributed by atoms with Crippen molar-refractivity contribution < 1.29 is 14.3 Å². The maximum absolute atomic E-state index is 11.5. The number of ether oxygens (including phenoxy) is 2. The Morgan fingerprint density at radius 3 is 2.88 bits per heavy atom. The third kappa shape index (κ3) is 1.72. The molecule has 1 saturated heterocycles. The van der Waals surface area contributed by atoms with Crippen LogP contribution in [0.25, 0.3) is 0 Å². The van der Waals surface area contributed by atoms with Gasteiger partial charge in [-0.2, -0.15) is 5.26 Å². The normalized spacial score (nSPS) is 14.4. The Balaban J connectivity index is 2.61. The minimum absolute atomic E-state index is 0.225. The number of anilines is 2. The van der Waals surface area contributed by atoms with E-state index in [-0.39, 0.29) is 5.56 Å². The largest absolute Gasteiger partial charge is 0.495 e. The van der Waals surface area contributed by atoms with Gasteiger partial charge in [-0.25, -0.2) is 4.79 Å². The summed E-state index contributed by atoms with van der Waals surface area (Å²) in [5.41, 5.74) is 6.62. The number of methoxy groups -OCH3 is 1. The molecule has 0 unspecified atom stereocenters. The van der Waals surface area contributed by atoms with E-state index in [9.17, 15) is 4.79 Å². The van der Waals surface area contributed by atoms with E-state index in [2.05, 4.69) is 0 Å². The summed E-state index contributed by atoms with van der Waals surface area (Å²) in [5.74, 6) is 0.426. The Morgan fingerprint density at radius 2 is 2.35 bits per heavy atom. The Labute approximate surface area is 98.1 Å². The molecule has 1 aliphatic heterocycles. The van der Waals surface area contributed by atoms with Crippen molar-refractivity contribution in [3.63, 3.8) is 0 Å². The molecule has 1 heterocycles. The molecule has 1 aromatic carbocycles. The van der Waals surface area contributed by atoms with Crippen molar-refractivity contribution in [2.45, 2.75) is 0 Å². The van der Waals surface area contributed by atoms with Crippen molar-refractivity contribution in [1.82, 2.24) is 0 Å². The first kappa shape index (κ1) is 11.1. The third-order valence-electron chi connectivity index (χ3n) is 2.54. The summed E-state index contributed by atoms with van der Waals surface area (Å²) < 4.78 is 9.99. The molecule has 2 rings (SSSR count). The minimum atomic E-state index is -0.495. The number of cyclic esters (lactones) is 1. The fourth-order valence-electron chi connectivity index (χ4n) is 1.73. The van der Waals surface area contributed by atoms with E-state index >= 15 is 0 Å². The molecule has 1 amide bonds. The van der Waals surface area contributed by atoms with Gasteiger partial charge in [-0.05, 0) is 12.1 Å². The van der Waals surface area contributed by atoms with Gasteiger partial charge in [0.15, 0.2) is 0 Å². The highest BCUT2D eigenvalue weighted by Gasteiger charge is 2.29. The van der Waals surface area contributed by atoms with Gasteiger partial charge in [0, 0.05) is 0 Å². The van der Waals surface area contributed by atoms with Crippen LogP contribution in [0.1, 0.15) is 5.56 Å². The predicted octanol–water partition coefficient (Wildman–Crippen LogP) is 1.11. The lowest BCUT2D eigenvalue weighted by Gasteiger charge is -2.18. The number of hydrogen-bond donors (Lipinski definition) is 1. The Morgan fingerprint density at radius 1 is 1.59 bits per heavy atom. The summed E-state index contributed by atoms with van der Waals surface area (Å²) in [4.78, 5) is 12.9. The second-order valence-corrected chi connectivity index (χ2v) is 3.46. The van der Waals surface area contributed by atoms with Crippen LogP contribution in [-0.4, -0.2) is 26.4 Å². The van der Waals surface area contributed by atoms with Crippen LogP contribution in [0.2, 0.25) is 0 Å². The molecule has 1 aliphatic rings. The van der Waals surface area contributed by atoms with Crippen LogP contribution in [0.4, 0.5) is 16.2 Å². The van der Waals surface area contributed by atoms with Gasteiger partial charge >= 0.3 is 6.09 Å². The first-order valence-electron chi connectivity index (χ1n) is 5.00. The number of nitriles is 1. The number of hydrogen-bond acceptors (Lipinski definition) is 5. The molecular weight excluding hydrogens is 222 g/mol. The van der Waals surface area contributed by atoms with Gasteiger partial charge in [0.2, 0.25) is 0 Å². The smallest absolute Gasteiger partial charge is 0.414 e. The molecule has 6 nitrogen and oxygen atoms in total. The lowest BCUT2D eigenvalue weighted by Crippen LogP contribution is -2.25. The lowest BCUT2D eigenvalue weighted by molar-refractivity contribution is 0.181. The van der Waals surface area contributed by atoms with Crippen molar-refractivity contribution >= 4 is 17.5 Å². The first-order chi connectivity index (χ1) is 8.19. The molecule has 88 valence electrons. The van der Waals surface area contributed by atoms with Crippen molar-refractivity contribution in [3.05, 3.63) is 17.7 Å². The van der Waals surface area contributed by atoms with Crippen molar-refractivity contribution in [1.29, 1.82) is 5.26 Å². The molecule has 0 bridgehead atoms. The Bertz CT molecular complexity index is 507. The number of nitrogen functional groups attached to an aromatic ring is 1. The Kier molecular flexibility index (Phi) is 2.75. The van der Waals surface area contributed by atoms with Gasteiger partial charge in [0.05, 0.1) is 19.3 Å². The molecule has 0 spiro atoms. The van der Waals surface area contributed by atoms with Gasteiger partial charge in [0.1, 0.15) is 29.7 Å². The van der Waals surface area contributed by atoms with Crippen LogP contribution in [0, 0.1) is 11.3 Å². The molecule has 1 aromatic rings. The molecule has 0 aliphatic carbocycles. The van der Waals surface area contributed by atoms with E-state index in [1.54, 1.807) is 12.1 Å². The number of carbonyl (C=O) groups excluding carboxylic acids is 1. The van der Waals surface area contributed by atoms with Gasteiger partial charge in [-0.15, -0.1) is 0 Å². The van der Waals surface area contributed by atoms with E-state index in [1.165, 1.54) is 12.0 Å². The molecule has 2 N–H and O–H groups in total. The van der Waals surface area contributed by atoms with Gasteiger partial charge in [-0.3, -0.25) is 4.90 Å². The van der Waals surface area contributed by atoms with Crippen LogP contribution in [0.5, 0.6) is 5.75 Å². The monoisotopic (exact) mass is 233 g/mol. The molecule has 1 fully saturated rings. The summed E-state index contributed by atoms with van der Waals surface area (Å²) in [6.07, 6.45) is -0.495. The lowest BCUT2D eigenvalue weighted by atomic mass is 10.1. The van der Waals surface area contributed by atoms with Gasteiger partial charge < -0.3 is 15.2 Å². The standard InChI is InChI=1S/C11H11N3O3/c1-16-9-3-2-8(13)7(6-12)10(9)14-4-5-17-11(14)15/h2-3H,4-5,13H2,1H3. The number of amides is 1.